The van der Waals surface area contributed by atoms with Crippen molar-refractivity contribution in [2.75, 3.05) is 13.1 Å². The third-order valence-corrected chi connectivity index (χ3v) is 4.63. The highest BCUT2D eigenvalue weighted by molar-refractivity contribution is 4.87. The Kier molecular flexibility index (Phi) is 8.01. The average molecular weight is 269 g/mol. The maximum absolute atomic E-state index is 6.32. The van der Waals surface area contributed by atoms with Gasteiger partial charge in [-0.3, -0.25) is 0 Å². The first-order valence-corrected chi connectivity index (χ1v) is 8.47. The third-order valence-electron chi connectivity index (χ3n) is 4.63. The zero-order chi connectivity index (χ0) is 14.1. The lowest BCUT2D eigenvalue weighted by atomic mass is 9.90. The topological polar surface area (TPSA) is 21.3 Å². The molecule has 2 nitrogen and oxygen atoms in total. The van der Waals surface area contributed by atoms with E-state index in [1.165, 1.54) is 51.4 Å². The standard InChI is InChI=1S/C17H35NO/c1-5-6-7-8-9-10-11-12-16-13-18-14-17(4,19-16)15(2)3/h15-16,18H,5-14H2,1-4H3. The summed E-state index contributed by atoms with van der Waals surface area (Å²) in [6.07, 6.45) is 11.3. The predicted octanol–water partition coefficient (Wildman–Crippen LogP) is 4.53. The summed E-state index contributed by atoms with van der Waals surface area (Å²) < 4.78 is 6.32. The third kappa shape index (κ3) is 6.27. The van der Waals surface area contributed by atoms with Gasteiger partial charge in [-0.2, -0.15) is 0 Å². The van der Waals surface area contributed by atoms with Crippen molar-refractivity contribution in [3.8, 4) is 0 Å². The second-order valence-electron chi connectivity index (χ2n) is 6.75. The van der Waals surface area contributed by atoms with E-state index in [1.807, 2.05) is 0 Å². The molecule has 114 valence electrons. The Morgan fingerprint density at radius 3 is 2.37 bits per heavy atom. The molecule has 0 aliphatic carbocycles. The van der Waals surface area contributed by atoms with Crippen LogP contribution in [0, 0.1) is 5.92 Å². The van der Waals surface area contributed by atoms with Gasteiger partial charge in [-0.1, -0.05) is 65.7 Å². The zero-order valence-corrected chi connectivity index (χ0v) is 13.6. The number of unbranched alkanes of at least 4 members (excludes halogenated alkanes) is 6. The van der Waals surface area contributed by atoms with Crippen LogP contribution >= 0.6 is 0 Å². The van der Waals surface area contributed by atoms with E-state index in [-0.39, 0.29) is 5.60 Å². The Labute approximate surface area is 120 Å². The average Bonchev–Trinajstić information content (AvgIpc) is 2.38. The molecule has 0 aromatic carbocycles. The van der Waals surface area contributed by atoms with Gasteiger partial charge in [0, 0.05) is 13.1 Å². The summed E-state index contributed by atoms with van der Waals surface area (Å²) in [6, 6.07) is 0. The van der Waals surface area contributed by atoms with E-state index in [0.29, 0.717) is 12.0 Å². The van der Waals surface area contributed by atoms with Crippen molar-refractivity contribution < 1.29 is 4.74 Å². The summed E-state index contributed by atoms with van der Waals surface area (Å²) >= 11 is 0. The molecule has 0 amide bonds. The molecular formula is C17H35NO. The summed E-state index contributed by atoms with van der Waals surface area (Å²) in [5.74, 6) is 0.580. The molecule has 0 bridgehead atoms. The summed E-state index contributed by atoms with van der Waals surface area (Å²) in [4.78, 5) is 0. The highest BCUT2D eigenvalue weighted by Crippen LogP contribution is 2.27. The molecule has 0 radical (unpaired) electrons. The van der Waals surface area contributed by atoms with Gasteiger partial charge in [0.15, 0.2) is 0 Å². The van der Waals surface area contributed by atoms with Crippen LogP contribution in [0.3, 0.4) is 0 Å². The summed E-state index contributed by atoms with van der Waals surface area (Å²) in [5, 5.41) is 3.55. The molecule has 2 heteroatoms. The molecule has 1 heterocycles. The lowest BCUT2D eigenvalue weighted by Gasteiger charge is -2.42. The number of nitrogens with one attached hydrogen (secondary N) is 1. The molecular weight excluding hydrogens is 234 g/mol. The maximum atomic E-state index is 6.32. The van der Waals surface area contributed by atoms with E-state index in [1.54, 1.807) is 0 Å². The lowest BCUT2D eigenvalue weighted by molar-refractivity contribution is -0.132. The van der Waals surface area contributed by atoms with Crippen molar-refractivity contribution in [2.45, 2.75) is 90.8 Å². The van der Waals surface area contributed by atoms with E-state index >= 15 is 0 Å². The minimum atomic E-state index is 0.0318. The van der Waals surface area contributed by atoms with Crippen LogP contribution in [0.15, 0.2) is 0 Å². The largest absolute Gasteiger partial charge is 0.369 e. The maximum Gasteiger partial charge on any atom is 0.0805 e. The molecule has 1 fully saturated rings. The van der Waals surface area contributed by atoms with Crippen molar-refractivity contribution in [1.29, 1.82) is 0 Å². The van der Waals surface area contributed by atoms with Crippen molar-refractivity contribution in [2.24, 2.45) is 5.92 Å². The van der Waals surface area contributed by atoms with Gasteiger partial charge in [0.25, 0.3) is 0 Å². The van der Waals surface area contributed by atoms with Crippen molar-refractivity contribution in [1.82, 2.24) is 5.32 Å². The molecule has 1 aliphatic heterocycles. The first kappa shape index (κ1) is 17.0. The Balaban J connectivity index is 2.09. The van der Waals surface area contributed by atoms with Crippen molar-refractivity contribution in [3.63, 3.8) is 0 Å². The van der Waals surface area contributed by atoms with Crippen LogP contribution in [0.2, 0.25) is 0 Å². The molecule has 0 aromatic heterocycles. The van der Waals surface area contributed by atoms with Gasteiger partial charge in [-0.15, -0.1) is 0 Å². The molecule has 0 saturated carbocycles. The molecule has 0 spiro atoms. The number of rotatable bonds is 9. The highest BCUT2D eigenvalue weighted by Gasteiger charge is 2.35. The van der Waals surface area contributed by atoms with Crippen LogP contribution in [0.1, 0.15) is 79.1 Å². The smallest absolute Gasteiger partial charge is 0.0805 e. The Hall–Kier alpha value is -0.0800. The van der Waals surface area contributed by atoms with E-state index in [9.17, 15) is 0 Å². The van der Waals surface area contributed by atoms with Gasteiger partial charge in [0.2, 0.25) is 0 Å². The number of hydrogen-bond donors (Lipinski definition) is 1. The number of morpholine rings is 1. The van der Waals surface area contributed by atoms with Crippen LogP contribution in [0.5, 0.6) is 0 Å². The van der Waals surface area contributed by atoms with E-state index in [0.717, 1.165) is 13.1 Å². The predicted molar refractivity (Wildman–Crippen MR) is 83.6 cm³/mol. The molecule has 1 aliphatic rings. The fourth-order valence-corrected chi connectivity index (χ4v) is 2.78. The molecule has 0 aromatic rings. The van der Waals surface area contributed by atoms with Gasteiger partial charge in [-0.25, -0.2) is 0 Å². The summed E-state index contributed by atoms with van der Waals surface area (Å²) in [5.41, 5.74) is 0.0318. The van der Waals surface area contributed by atoms with Gasteiger partial charge < -0.3 is 10.1 Å². The fraction of sp³-hybridized carbons (Fsp3) is 1.00. The molecule has 1 N–H and O–H groups in total. The van der Waals surface area contributed by atoms with E-state index in [2.05, 4.69) is 33.0 Å². The van der Waals surface area contributed by atoms with Crippen LogP contribution in [0.4, 0.5) is 0 Å². The quantitative estimate of drug-likeness (QED) is 0.621. The number of hydrogen-bond acceptors (Lipinski definition) is 2. The van der Waals surface area contributed by atoms with E-state index < -0.39 is 0 Å². The van der Waals surface area contributed by atoms with Gasteiger partial charge in [0.1, 0.15) is 0 Å². The highest BCUT2D eigenvalue weighted by atomic mass is 16.5. The van der Waals surface area contributed by atoms with Gasteiger partial charge >= 0.3 is 0 Å². The van der Waals surface area contributed by atoms with Crippen LogP contribution in [0.25, 0.3) is 0 Å². The normalized spacial score (nSPS) is 27.9. The molecule has 1 saturated heterocycles. The first-order chi connectivity index (χ1) is 9.08. The Morgan fingerprint density at radius 2 is 1.74 bits per heavy atom. The lowest BCUT2D eigenvalue weighted by Crippen LogP contribution is -2.54. The first-order valence-electron chi connectivity index (χ1n) is 8.47. The van der Waals surface area contributed by atoms with Crippen molar-refractivity contribution >= 4 is 0 Å². The second kappa shape index (κ2) is 8.97. The van der Waals surface area contributed by atoms with E-state index in [4.69, 9.17) is 4.74 Å². The molecule has 1 rings (SSSR count). The second-order valence-corrected chi connectivity index (χ2v) is 6.75. The van der Waals surface area contributed by atoms with Crippen LogP contribution in [-0.4, -0.2) is 24.8 Å². The fourth-order valence-electron chi connectivity index (χ4n) is 2.78. The van der Waals surface area contributed by atoms with Gasteiger partial charge in [-0.05, 0) is 19.3 Å². The number of ether oxygens (including phenoxy) is 1. The molecule has 19 heavy (non-hydrogen) atoms. The monoisotopic (exact) mass is 269 g/mol. The van der Waals surface area contributed by atoms with Crippen molar-refractivity contribution in [3.05, 3.63) is 0 Å². The summed E-state index contributed by atoms with van der Waals surface area (Å²) in [7, 11) is 0. The Bertz CT molecular complexity index is 229. The molecule has 2 atom stereocenters. The summed E-state index contributed by atoms with van der Waals surface area (Å²) in [6.45, 7) is 11.1. The van der Waals surface area contributed by atoms with Crippen LogP contribution in [-0.2, 0) is 4.74 Å². The minimum absolute atomic E-state index is 0.0318. The van der Waals surface area contributed by atoms with Crippen LogP contribution < -0.4 is 5.32 Å². The zero-order valence-electron chi connectivity index (χ0n) is 13.6. The SMILES string of the molecule is CCCCCCCCCC1CNCC(C)(C(C)C)O1. The Morgan fingerprint density at radius 1 is 1.11 bits per heavy atom. The minimum Gasteiger partial charge on any atom is -0.369 e. The van der Waals surface area contributed by atoms with Gasteiger partial charge in [0.05, 0.1) is 11.7 Å². The molecule has 2 unspecified atom stereocenters.